The van der Waals surface area contributed by atoms with Crippen molar-refractivity contribution in [3.8, 4) is 5.88 Å². The van der Waals surface area contributed by atoms with Gasteiger partial charge >= 0.3 is 0 Å². The predicted octanol–water partition coefficient (Wildman–Crippen LogP) is 1.77. The van der Waals surface area contributed by atoms with Crippen LogP contribution in [0.25, 0.3) is 0 Å². The maximum Gasteiger partial charge on any atom is 0.213 e. The van der Waals surface area contributed by atoms with Gasteiger partial charge < -0.3 is 10.1 Å². The number of rotatable bonds is 5. The van der Waals surface area contributed by atoms with Crippen molar-refractivity contribution >= 4 is 0 Å². The summed E-state index contributed by atoms with van der Waals surface area (Å²) in [5, 5.41) is 3.29. The van der Waals surface area contributed by atoms with Crippen molar-refractivity contribution in [3.63, 3.8) is 0 Å². The van der Waals surface area contributed by atoms with E-state index >= 15 is 0 Å². The quantitative estimate of drug-likeness (QED) is 0.849. The van der Waals surface area contributed by atoms with Crippen molar-refractivity contribution < 1.29 is 4.74 Å². The molecule has 0 aliphatic carbocycles. The summed E-state index contributed by atoms with van der Waals surface area (Å²) < 4.78 is 5.07. The number of nitrogens with one attached hydrogen (secondary N) is 1. The molecule has 2 aromatic rings. The van der Waals surface area contributed by atoms with Crippen LogP contribution in [0, 0.1) is 0 Å². The van der Waals surface area contributed by atoms with E-state index in [1.165, 1.54) is 0 Å². The lowest BCUT2D eigenvalue weighted by molar-refractivity contribution is 0.395. The minimum atomic E-state index is 0.641. The average Bonchev–Trinajstić information content (AvgIpc) is 2.40. The lowest BCUT2D eigenvalue weighted by Gasteiger charge is -2.05. The van der Waals surface area contributed by atoms with Crippen LogP contribution < -0.4 is 10.1 Å². The van der Waals surface area contributed by atoms with Gasteiger partial charge in [0.1, 0.15) is 0 Å². The Morgan fingerprint density at radius 1 is 1.06 bits per heavy atom. The van der Waals surface area contributed by atoms with E-state index in [1.54, 1.807) is 13.3 Å². The Labute approximate surface area is 101 Å². The highest BCUT2D eigenvalue weighted by Crippen LogP contribution is 2.06. The summed E-state index contributed by atoms with van der Waals surface area (Å²) in [6.07, 6.45) is 1.79. The van der Waals surface area contributed by atoms with Crippen LogP contribution in [-0.4, -0.2) is 17.1 Å². The molecular weight excluding hydrogens is 214 g/mol. The van der Waals surface area contributed by atoms with Crippen LogP contribution in [0.3, 0.4) is 0 Å². The van der Waals surface area contributed by atoms with E-state index in [4.69, 9.17) is 4.74 Å². The molecule has 0 saturated carbocycles. The van der Waals surface area contributed by atoms with Crippen molar-refractivity contribution in [2.24, 2.45) is 0 Å². The highest BCUT2D eigenvalue weighted by Gasteiger charge is 1.97. The molecule has 1 N–H and O–H groups in total. The van der Waals surface area contributed by atoms with Gasteiger partial charge in [-0.3, -0.25) is 4.98 Å². The van der Waals surface area contributed by atoms with Gasteiger partial charge in [0.2, 0.25) is 5.88 Å². The second kappa shape index (κ2) is 5.96. The highest BCUT2D eigenvalue weighted by molar-refractivity contribution is 5.15. The van der Waals surface area contributed by atoms with Gasteiger partial charge in [-0.1, -0.05) is 12.1 Å². The molecule has 0 spiro atoms. The first-order valence-corrected chi connectivity index (χ1v) is 5.49. The van der Waals surface area contributed by atoms with E-state index in [-0.39, 0.29) is 0 Å². The van der Waals surface area contributed by atoms with Gasteiger partial charge in [-0.05, 0) is 18.2 Å². The fourth-order valence-corrected chi connectivity index (χ4v) is 1.49. The molecule has 2 heterocycles. The Hall–Kier alpha value is -1.94. The molecule has 0 bridgehead atoms. The third-order valence-corrected chi connectivity index (χ3v) is 2.33. The lowest BCUT2D eigenvalue weighted by Crippen LogP contribution is -2.14. The van der Waals surface area contributed by atoms with E-state index in [0.717, 1.165) is 17.9 Å². The summed E-state index contributed by atoms with van der Waals surface area (Å²) in [6.45, 7) is 1.44. The third kappa shape index (κ3) is 3.53. The van der Waals surface area contributed by atoms with Crippen LogP contribution in [0.4, 0.5) is 0 Å². The molecule has 17 heavy (non-hydrogen) atoms. The summed E-state index contributed by atoms with van der Waals surface area (Å²) in [7, 11) is 1.62. The first-order valence-electron chi connectivity index (χ1n) is 5.49. The zero-order chi connectivity index (χ0) is 11.9. The molecular formula is C13H15N3O. The minimum absolute atomic E-state index is 0.641. The smallest absolute Gasteiger partial charge is 0.213 e. The maximum atomic E-state index is 5.07. The van der Waals surface area contributed by atoms with Gasteiger partial charge in [0.15, 0.2) is 0 Å². The molecule has 2 rings (SSSR count). The van der Waals surface area contributed by atoms with Crippen LogP contribution in [-0.2, 0) is 13.1 Å². The molecule has 0 amide bonds. The lowest BCUT2D eigenvalue weighted by atomic mass is 10.3. The fraction of sp³-hybridized carbons (Fsp3) is 0.231. The van der Waals surface area contributed by atoms with Crippen molar-refractivity contribution in [3.05, 3.63) is 54.0 Å². The highest BCUT2D eigenvalue weighted by atomic mass is 16.5. The zero-order valence-electron chi connectivity index (χ0n) is 9.76. The molecule has 0 aliphatic rings. The Kier molecular flexibility index (Phi) is 4.05. The number of aromatic nitrogens is 2. The van der Waals surface area contributed by atoms with Gasteiger partial charge in [-0.15, -0.1) is 0 Å². The van der Waals surface area contributed by atoms with E-state index in [2.05, 4.69) is 15.3 Å². The topological polar surface area (TPSA) is 47.0 Å². The number of hydrogen-bond donors (Lipinski definition) is 1. The van der Waals surface area contributed by atoms with Crippen LogP contribution in [0.1, 0.15) is 11.4 Å². The normalized spacial score (nSPS) is 10.2. The predicted molar refractivity (Wildman–Crippen MR) is 65.6 cm³/mol. The number of ether oxygens (including phenoxy) is 1. The molecule has 0 aliphatic heterocycles. The molecule has 0 atom stereocenters. The van der Waals surface area contributed by atoms with Gasteiger partial charge in [0.25, 0.3) is 0 Å². The van der Waals surface area contributed by atoms with Gasteiger partial charge in [0, 0.05) is 25.4 Å². The monoisotopic (exact) mass is 229 g/mol. The van der Waals surface area contributed by atoms with Crippen LogP contribution in [0.5, 0.6) is 5.88 Å². The van der Waals surface area contributed by atoms with Crippen molar-refractivity contribution in [1.82, 2.24) is 15.3 Å². The molecule has 0 aromatic carbocycles. The summed E-state index contributed by atoms with van der Waals surface area (Å²) >= 11 is 0. The summed E-state index contributed by atoms with van der Waals surface area (Å²) in [5.41, 5.74) is 1.98. The number of hydrogen-bond acceptors (Lipinski definition) is 4. The molecule has 88 valence electrons. The molecule has 0 saturated heterocycles. The van der Waals surface area contributed by atoms with E-state index in [0.29, 0.717) is 12.4 Å². The Morgan fingerprint density at radius 3 is 2.65 bits per heavy atom. The molecule has 4 heteroatoms. The van der Waals surface area contributed by atoms with E-state index in [1.807, 2.05) is 36.4 Å². The summed E-state index contributed by atoms with van der Waals surface area (Å²) in [4.78, 5) is 8.55. The van der Waals surface area contributed by atoms with Crippen molar-refractivity contribution in [1.29, 1.82) is 0 Å². The standard InChI is InChI=1S/C13H15N3O/c1-17-13-7-4-6-12(16-13)10-14-9-11-5-2-3-8-15-11/h2-8,14H,9-10H2,1H3. The second-order valence-corrected chi connectivity index (χ2v) is 3.60. The molecule has 0 unspecified atom stereocenters. The third-order valence-electron chi connectivity index (χ3n) is 2.33. The molecule has 4 nitrogen and oxygen atoms in total. The number of nitrogens with zero attached hydrogens (tertiary/aromatic N) is 2. The first-order chi connectivity index (χ1) is 8.38. The van der Waals surface area contributed by atoms with E-state index < -0.39 is 0 Å². The minimum Gasteiger partial charge on any atom is -0.481 e. The Morgan fingerprint density at radius 2 is 1.88 bits per heavy atom. The summed E-state index contributed by atoms with van der Waals surface area (Å²) in [6, 6.07) is 11.6. The zero-order valence-corrected chi connectivity index (χ0v) is 9.76. The fourth-order valence-electron chi connectivity index (χ4n) is 1.49. The Balaban J connectivity index is 1.86. The van der Waals surface area contributed by atoms with E-state index in [9.17, 15) is 0 Å². The summed E-state index contributed by atoms with van der Waals surface area (Å²) in [5.74, 6) is 0.641. The largest absolute Gasteiger partial charge is 0.481 e. The SMILES string of the molecule is COc1cccc(CNCc2ccccn2)n1. The second-order valence-electron chi connectivity index (χ2n) is 3.60. The molecule has 0 fully saturated rings. The average molecular weight is 229 g/mol. The van der Waals surface area contributed by atoms with Crippen molar-refractivity contribution in [2.45, 2.75) is 13.1 Å². The Bertz CT molecular complexity index is 459. The van der Waals surface area contributed by atoms with Crippen molar-refractivity contribution in [2.75, 3.05) is 7.11 Å². The van der Waals surface area contributed by atoms with Gasteiger partial charge in [0.05, 0.1) is 18.5 Å². The molecule has 2 aromatic heterocycles. The number of methoxy groups -OCH3 is 1. The van der Waals surface area contributed by atoms with Gasteiger partial charge in [-0.25, -0.2) is 4.98 Å². The first kappa shape index (κ1) is 11.5. The van der Waals surface area contributed by atoms with Crippen LogP contribution >= 0.6 is 0 Å². The van der Waals surface area contributed by atoms with Gasteiger partial charge in [-0.2, -0.15) is 0 Å². The van der Waals surface area contributed by atoms with Crippen LogP contribution in [0.2, 0.25) is 0 Å². The van der Waals surface area contributed by atoms with Crippen LogP contribution in [0.15, 0.2) is 42.6 Å². The molecule has 0 radical (unpaired) electrons. The maximum absolute atomic E-state index is 5.07. The number of pyridine rings is 2.